The van der Waals surface area contributed by atoms with Crippen molar-refractivity contribution in [3.63, 3.8) is 0 Å². The highest BCUT2D eigenvalue weighted by Crippen LogP contribution is 2.11. The number of carbonyl (C=O) groups is 1. The molecule has 0 atom stereocenters. The van der Waals surface area contributed by atoms with Crippen molar-refractivity contribution in [1.82, 2.24) is 9.88 Å². The van der Waals surface area contributed by atoms with Crippen LogP contribution in [0.2, 0.25) is 0 Å². The fourth-order valence-electron chi connectivity index (χ4n) is 1.20. The predicted octanol–water partition coefficient (Wildman–Crippen LogP) is 1.12. The predicted molar refractivity (Wildman–Crippen MR) is 73.8 cm³/mol. The molecule has 0 aromatic carbocycles. The van der Waals surface area contributed by atoms with Crippen molar-refractivity contribution in [2.24, 2.45) is 7.05 Å². The first-order valence-electron chi connectivity index (χ1n) is 4.85. The third-order valence-electron chi connectivity index (χ3n) is 2.03. The number of carbonyl (C=O) groups excluding carboxylic acids is 1. The first kappa shape index (κ1) is 16.1. The van der Waals surface area contributed by atoms with Crippen molar-refractivity contribution >= 4 is 39.9 Å². The molecule has 1 heterocycles. The zero-order valence-electron chi connectivity index (χ0n) is 9.62. The zero-order chi connectivity index (χ0) is 12.1. The molecular formula is C10H15BrClN3O2. The number of nitrogens with one attached hydrogen (secondary N) is 2. The van der Waals surface area contributed by atoms with Gasteiger partial charge in [0.2, 0.25) is 5.91 Å². The maximum absolute atomic E-state index is 11.4. The summed E-state index contributed by atoms with van der Waals surface area (Å²) in [5.41, 5.74) is 0.475. The molecule has 96 valence electrons. The Morgan fingerprint density at radius 3 is 2.71 bits per heavy atom. The monoisotopic (exact) mass is 323 g/mol. The van der Waals surface area contributed by atoms with E-state index < -0.39 is 0 Å². The van der Waals surface area contributed by atoms with Gasteiger partial charge in [-0.05, 0) is 29.0 Å². The Balaban J connectivity index is 0.00000256. The molecule has 1 aromatic heterocycles. The van der Waals surface area contributed by atoms with Gasteiger partial charge >= 0.3 is 0 Å². The van der Waals surface area contributed by atoms with Crippen molar-refractivity contribution in [3.8, 4) is 0 Å². The molecule has 0 aliphatic rings. The SMILES string of the molecule is CNCCC(=O)Nc1cc(Br)c(=O)n(C)c1.Cl. The van der Waals surface area contributed by atoms with Crippen molar-refractivity contribution in [3.05, 3.63) is 27.1 Å². The fourth-order valence-corrected chi connectivity index (χ4v) is 1.73. The van der Waals surface area contributed by atoms with Crippen LogP contribution < -0.4 is 16.2 Å². The van der Waals surface area contributed by atoms with Crippen molar-refractivity contribution in [1.29, 1.82) is 0 Å². The number of pyridine rings is 1. The highest BCUT2D eigenvalue weighted by molar-refractivity contribution is 9.10. The molecule has 0 saturated carbocycles. The molecule has 1 amide bonds. The molecule has 0 aliphatic heterocycles. The van der Waals surface area contributed by atoms with E-state index in [1.54, 1.807) is 26.4 Å². The molecule has 0 fully saturated rings. The quantitative estimate of drug-likeness (QED) is 0.872. The lowest BCUT2D eigenvalue weighted by molar-refractivity contribution is -0.116. The Morgan fingerprint density at radius 2 is 2.18 bits per heavy atom. The van der Waals surface area contributed by atoms with Crippen LogP contribution in [-0.2, 0) is 11.8 Å². The van der Waals surface area contributed by atoms with Crippen molar-refractivity contribution < 1.29 is 4.79 Å². The van der Waals surface area contributed by atoms with Gasteiger partial charge in [0, 0.05) is 26.2 Å². The Morgan fingerprint density at radius 1 is 1.53 bits per heavy atom. The molecule has 5 nitrogen and oxygen atoms in total. The molecule has 0 aliphatic carbocycles. The number of hydrogen-bond donors (Lipinski definition) is 2. The molecule has 2 N–H and O–H groups in total. The standard InChI is InChI=1S/C10H14BrN3O2.ClH/c1-12-4-3-9(15)13-7-5-8(11)10(16)14(2)6-7;/h5-6,12H,3-4H2,1-2H3,(H,13,15);1H. The second-order valence-electron chi connectivity index (χ2n) is 3.39. The van der Waals surface area contributed by atoms with Crippen LogP contribution in [0.1, 0.15) is 6.42 Å². The second kappa shape index (κ2) is 7.47. The van der Waals surface area contributed by atoms with Crippen LogP contribution in [0.15, 0.2) is 21.5 Å². The normalized spacial score (nSPS) is 9.59. The third-order valence-corrected chi connectivity index (χ3v) is 2.59. The van der Waals surface area contributed by atoms with E-state index in [-0.39, 0.29) is 23.9 Å². The molecule has 17 heavy (non-hydrogen) atoms. The highest BCUT2D eigenvalue weighted by atomic mass is 79.9. The van der Waals surface area contributed by atoms with E-state index in [9.17, 15) is 9.59 Å². The number of hydrogen-bond acceptors (Lipinski definition) is 3. The van der Waals surface area contributed by atoms with Gasteiger partial charge in [-0.1, -0.05) is 0 Å². The number of halogens is 2. The highest BCUT2D eigenvalue weighted by Gasteiger charge is 2.05. The van der Waals surface area contributed by atoms with Crippen LogP contribution in [0.4, 0.5) is 5.69 Å². The molecule has 1 aromatic rings. The van der Waals surface area contributed by atoms with Crippen LogP contribution >= 0.6 is 28.3 Å². The van der Waals surface area contributed by atoms with Crippen LogP contribution in [0.25, 0.3) is 0 Å². The van der Waals surface area contributed by atoms with Crippen molar-refractivity contribution in [2.45, 2.75) is 6.42 Å². The summed E-state index contributed by atoms with van der Waals surface area (Å²) in [5.74, 6) is -0.0834. The minimum Gasteiger partial charge on any atom is -0.325 e. The van der Waals surface area contributed by atoms with Gasteiger partial charge in [-0.3, -0.25) is 9.59 Å². The third kappa shape index (κ3) is 4.89. The first-order chi connectivity index (χ1) is 7.54. The lowest BCUT2D eigenvalue weighted by Crippen LogP contribution is -2.21. The lowest BCUT2D eigenvalue weighted by atomic mass is 10.3. The molecule has 1 rings (SSSR count). The van der Waals surface area contributed by atoms with Gasteiger partial charge < -0.3 is 15.2 Å². The zero-order valence-corrected chi connectivity index (χ0v) is 12.0. The van der Waals surface area contributed by atoms with Crippen LogP contribution in [0.3, 0.4) is 0 Å². The number of aryl methyl sites for hydroxylation is 1. The van der Waals surface area contributed by atoms with E-state index in [0.717, 1.165) is 0 Å². The molecule has 0 spiro atoms. The molecular weight excluding hydrogens is 309 g/mol. The maximum Gasteiger partial charge on any atom is 0.264 e. The summed E-state index contributed by atoms with van der Waals surface area (Å²) in [4.78, 5) is 22.8. The van der Waals surface area contributed by atoms with E-state index in [1.807, 2.05) is 0 Å². The minimum absolute atomic E-state index is 0. The first-order valence-corrected chi connectivity index (χ1v) is 5.64. The number of aromatic nitrogens is 1. The lowest BCUT2D eigenvalue weighted by Gasteiger charge is -2.07. The van der Waals surface area contributed by atoms with Crippen molar-refractivity contribution in [2.75, 3.05) is 18.9 Å². The van der Waals surface area contributed by atoms with Gasteiger partial charge in [0.05, 0.1) is 10.2 Å². The number of rotatable bonds is 4. The summed E-state index contributed by atoms with van der Waals surface area (Å²) in [6.07, 6.45) is 1.99. The van der Waals surface area contributed by atoms with Gasteiger partial charge in [0.1, 0.15) is 0 Å². The van der Waals surface area contributed by atoms with Gasteiger partial charge in [-0.25, -0.2) is 0 Å². The summed E-state index contributed by atoms with van der Waals surface area (Å²) in [5, 5.41) is 5.61. The van der Waals surface area contributed by atoms with E-state index in [2.05, 4.69) is 26.6 Å². The van der Waals surface area contributed by atoms with Gasteiger partial charge in [-0.2, -0.15) is 0 Å². The molecule has 0 radical (unpaired) electrons. The van der Waals surface area contributed by atoms with Crippen LogP contribution in [0.5, 0.6) is 0 Å². The molecule has 7 heteroatoms. The molecule has 0 unspecified atom stereocenters. The smallest absolute Gasteiger partial charge is 0.264 e. The maximum atomic E-state index is 11.4. The number of nitrogens with zero attached hydrogens (tertiary/aromatic N) is 1. The second-order valence-corrected chi connectivity index (χ2v) is 4.25. The summed E-state index contributed by atoms with van der Waals surface area (Å²) in [7, 11) is 3.42. The Bertz CT molecular complexity index is 421. The van der Waals surface area contributed by atoms with Gasteiger partial charge in [-0.15, -0.1) is 12.4 Å². The van der Waals surface area contributed by atoms with Gasteiger partial charge in [0.25, 0.3) is 5.56 Å². The fraction of sp³-hybridized carbons (Fsp3) is 0.400. The van der Waals surface area contributed by atoms with Crippen LogP contribution in [0, 0.1) is 0 Å². The Labute approximate surface area is 114 Å². The average molecular weight is 325 g/mol. The summed E-state index contributed by atoms with van der Waals surface area (Å²) in [6.45, 7) is 0.624. The summed E-state index contributed by atoms with van der Waals surface area (Å²) in [6, 6.07) is 1.60. The minimum atomic E-state index is -0.131. The Kier molecular flexibility index (Phi) is 7.10. The van der Waals surface area contributed by atoms with Crippen LogP contribution in [-0.4, -0.2) is 24.1 Å². The summed E-state index contributed by atoms with van der Waals surface area (Å²) < 4.78 is 1.85. The molecule has 0 bridgehead atoms. The number of amides is 1. The Hall–Kier alpha value is -0.850. The number of anilines is 1. The average Bonchev–Trinajstić information content (AvgIpc) is 2.23. The molecule has 0 saturated heterocycles. The van der Waals surface area contributed by atoms with E-state index in [1.165, 1.54) is 4.57 Å². The van der Waals surface area contributed by atoms with E-state index in [4.69, 9.17) is 0 Å². The van der Waals surface area contributed by atoms with E-state index >= 15 is 0 Å². The van der Waals surface area contributed by atoms with E-state index in [0.29, 0.717) is 23.1 Å². The summed E-state index contributed by atoms with van der Waals surface area (Å²) >= 11 is 3.14. The largest absolute Gasteiger partial charge is 0.325 e. The topological polar surface area (TPSA) is 63.1 Å². The van der Waals surface area contributed by atoms with Gasteiger partial charge in [0.15, 0.2) is 0 Å².